The Morgan fingerprint density at radius 2 is 2.00 bits per heavy atom. The first kappa shape index (κ1) is 15.3. The zero-order valence-electron chi connectivity index (χ0n) is 11.8. The van der Waals surface area contributed by atoms with Gasteiger partial charge in [0.1, 0.15) is 5.82 Å². The molecule has 20 heavy (non-hydrogen) atoms. The molecule has 0 saturated carbocycles. The van der Waals surface area contributed by atoms with Crippen molar-refractivity contribution in [2.24, 2.45) is 0 Å². The Morgan fingerprint density at radius 1 is 1.25 bits per heavy atom. The molecule has 0 fully saturated rings. The number of anilines is 1. The van der Waals surface area contributed by atoms with Crippen LogP contribution in [0.3, 0.4) is 0 Å². The molecule has 0 amide bonds. The largest absolute Gasteiger partial charge is 0.369 e. The minimum Gasteiger partial charge on any atom is -0.369 e. The summed E-state index contributed by atoms with van der Waals surface area (Å²) in [5.41, 5.74) is 2.88. The minimum absolute atomic E-state index is 0.686. The topological polar surface area (TPSA) is 37.8 Å². The lowest BCUT2D eigenvalue weighted by atomic mass is 10.1. The Labute approximate surface area is 132 Å². The molecule has 2 aromatic rings. The van der Waals surface area contributed by atoms with Gasteiger partial charge in [-0.05, 0) is 47.8 Å². The lowest BCUT2D eigenvalue weighted by Crippen LogP contribution is -2.06. The first-order chi connectivity index (χ1) is 9.52. The summed E-state index contributed by atoms with van der Waals surface area (Å²) in [5.74, 6) is 1.51. The number of hydrogen-bond donors (Lipinski definition) is 1. The van der Waals surface area contributed by atoms with Gasteiger partial charge in [0.2, 0.25) is 0 Å². The standard InChI is InChI=1S/C15H17BrClN3/c1-4-7-18-15-13(16)10(3)19-14(20-15)11-6-5-9(2)12(17)8-11/h5-6,8H,4,7H2,1-3H3,(H,18,19,20). The predicted octanol–water partition coefficient (Wildman–Crippen LogP) is 5.00. The van der Waals surface area contributed by atoms with E-state index in [0.29, 0.717) is 5.82 Å². The SMILES string of the molecule is CCCNc1nc(-c2ccc(C)c(Cl)c2)nc(C)c1Br. The van der Waals surface area contributed by atoms with Crippen LogP contribution in [0, 0.1) is 13.8 Å². The summed E-state index contributed by atoms with van der Waals surface area (Å²) in [7, 11) is 0. The fourth-order valence-corrected chi connectivity index (χ4v) is 2.28. The molecule has 1 aromatic carbocycles. The van der Waals surface area contributed by atoms with Crippen molar-refractivity contribution in [3.63, 3.8) is 0 Å². The van der Waals surface area contributed by atoms with E-state index in [9.17, 15) is 0 Å². The summed E-state index contributed by atoms with van der Waals surface area (Å²) in [6.07, 6.45) is 1.04. The van der Waals surface area contributed by atoms with Gasteiger partial charge in [-0.15, -0.1) is 0 Å². The van der Waals surface area contributed by atoms with Gasteiger partial charge in [0.25, 0.3) is 0 Å². The van der Waals surface area contributed by atoms with Crippen LogP contribution in [0.15, 0.2) is 22.7 Å². The zero-order chi connectivity index (χ0) is 14.7. The fourth-order valence-electron chi connectivity index (χ4n) is 1.78. The maximum absolute atomic E-state index is 6.18. The van der Waals surface area contributed by atoms with E-state index in [1.807, 2.05) is 32.0 Å². The van der Waals surface area contributed by atoms with E-state index in [0.717, 1.165) is 45.1 Å². The molecule has 0 bridgehead atoms. The third kappa shape index (κ3) is 3.30. The van der Waals surface area contributed by atoms with Crippen molar-refractivity contribution >= 4 is 33.3 Å². The maximum atomic E-state index is 6.18. The van der Waals surface area contributed by atoms with Crippen molar-refractivity contribution in [1.82, 2.24) is 9.97 Å². The third-order valence-corrected chi connectivity index (χ3v) is 4.35. The lowest BCUT2D eigenvalue weighted by molar-refractivity contribution is 0.958. The quantitative estimate of drug-likeness (QED) is 0.839. The van der Waals surface area contributed by atoms with Crippen molar-refractivity contribution in [2.75, 3.05) is 11.9 Å². The molecule has 0 atom stereocenters. The highest BCUT2D eigenvalue weighted by Crippen LogP contribution is 2.28. The van der Waals surface area contributed by atoms with E-state index in [1.54, 1.807) is 0 Å². The van der Waals surface area contributed by atoms with Crippen LogP contribution in [0.2, 0.25) is 5.02 Å². The Kier molecular flexibility index (Phi) is 5.00. The molecule has 0 aliphatic heterocycles. The van der Waals surface area contributed by atoms with Gasteiger partial charge in [-0.3, -0.25) is 0 Å². The van der Waals surface area contributed by atoms with Crippen LogP contribution in [0.4, 0.5) is 5.82 Å². The highest BCUT2D eigenvalue weighted by molar-refractivity contribution is 9.10. The van der Waals surface area contributed by atoms with Crippen molar-refractivity contribution in [3.05, 3.63) is 39.0 Å². The van der Waals surface area contributed by atoms with Crippen LogP contribution in [-0.2, 0) is 0 Å². The van der Waals surface area contributed by atoms with E-state index in [2.05, 4.69) is 38.1 Å². The van der Waals surface area contributed by atoms with Gasteiger partial charge in [0.05, 0.1) is 10.2 Å². The molecule has 1 heterocycles. The summed E-state index contributed by atoms with van der Waals surface area (Å²) < 4.78 is 0.910. The van der Waals surface area contributed by atoms with Gasteiger partial charge in [-0.25, -0.2) is 9.97 Å². The molecule has 1 N–H and O–H groups in total. The predicted molar refractivity (Wildman–Crippen MR) is 88.4 cm³/mol. The highest BCUT2D eigenvalue weighted by atomic mass is 79.9. The van der Waals surface area contributed by atoms with Gasteiger partial charge in [-0.1, -0.05) is 30.7 Å². The second kappa shape index (κ2) is 6.55. The van der Waals surface area contributed by atoms with Gasteiger partial charge >= 0.3 is 0 Å². The monoisotopic (exact) mass is 353 g/mol. The summed E-state index contributed by atoms with van der Waals surface area (Å²) in [6.45, 7) is 6.94. The van der Waals surface area contributed by atoms with Gasteiger partial charge in [0.15, 0.2) is 5.82 Å². The van der Waals surface area contributed by atoms with Gasteiger partial charge in [0, 0.05) is 17.1 Å². The minimum atomic E-state index is 0.686. The zero-order valence-corrected chi connectivity index (χ0v) is 14.1. The van der Waals surface area contributed by atoms with E-state index >= 15 is 0 Å². The first-order valence-corrected chi connectivity index (χ1v) is 7.74. The van der Waals surface area contributed by atoms with Crippen molar-refractivity contribution in [2.45, 2.75) is 27.2 Å². The number of nitrogens with one attached hydrogen (secondary N) is 1. The van der Waals surface area contributed by atoms with Crippen LogP contribution in [0.25, 0.3) is 11.4 Å². The lowest BCUT2D eigenvalue weighted by Gasteiger charge is -2.11. The Bertz CT molecular complexity index is 629. The average Bonchev–Trinajstić information content (AvgIpc) is 2.43. The van der Waals surface area contributed by atoms with E-state index < -0.39 is 0 Å². The molecule has 0 saturated heterocycles. The van der Waals surface area contributed by atoms with Crippen molar-refractivity contribution in [1.29, 1.82) is 0 Å². The molecular formula is C15H17BrClN3. The molecule has 2 rings (SSSR count). The number of aromatic nitrogens is 2. The normalized spacial score (nSPS) is 10.7. The molecule has 3 nitrogen and oxygen atoms in total. The number of benzene rings is 1. The second-order valence-corrected chi connectivity index (χ2v) is 5.89. The first-order valence-electron chi connectivity index (χ1n) is 6.57. The van der Waals surface area contributed by atoms with Crippen LogP contribution in [0.1, 0.15) is 24.6 Å². The number of rotatable bonds is 4. The van der Waals surface area contributed by atoms with E-state index in [-0.39, 0.29) is 0 Å². The molecule has 0 spiro atoms. The molecule has 0 aliphatic carbocycles. The summed E-state index contributed by atoms with van der Waals surface area (Å²) in [4.78, 5) is 9.11. The molecule has 1 aromatic heterocycles. The summed E-state index contributed by atoms with van der Waals surface area (Å²) >= 11 is 9.71. The molecule has 106 valence electrons. The molecular weight excluding hydrogens is 338 g/mol. The van der Waals surface area contributed by atoms with Crippen molar-refractivity contribution in [3.8, 4) is 11.4 Å². The molecule has 5 heteroatoms. The van der Waals surface area contributed by atoms with E-state index in [1.165, 1.54) is 0 Å². The third-order valence-electron chi connectivity index (χ3n) is 2.99. The Hall–Kier alpha value is -1.13. The Balaban J connectivity index is 2.45. The highest BCUT2D eigenvalue weighted by Gasteiger charge is 2.11. The molecule has 0 aliphatic rings. The summed E-state index contributed by atoms with van der Waals surface area (Å²) in [5, 5.41) is 4.04. The average molecular weight is 355 g/mol. The van der Waals surface area contributed by atoms with Gasteiger partial charge in [-0.2, -0.15) is 0 Å². The molecule has 0 unspecified atom stereocenters. The van der Waals surface area contributed by atoms with Crippen LogP contribution >= 0.6 is 27.5 Å². The number of nitrogens with zero attached hydrogens (tertiary/aromatic N) is 2. The van der Waals surface area contributed by atoms with Gasteiger partial charge < -0.3 is 5.32 Å². The fraction of sp³-hybridized carbons (Fsp3) is 0.333. The number of hydrogen-bond acceptors (Lipinski definition) is 3. The number of aryl methyl sites for hydroxylation is 2. The maximum Gasteiger partial charge on any atom is 0.161 e. The van der Waals surface area contributed by atoms with Crippen molar-refractivity contribution < 1.29 is 0 Å². The van der Waals surface area contributed by atoms with Crippen LogP contribution < -0.4 is 5.32 Å². The summed E-state index contributed by atoms with van der Waals surface area (Å²) in [6, 6.07) is 5.88. The molecule has 0 radical (unpaired) electrons. The smallest absolute Gasteiger partial charge is 0.161 e. The van der Waals surface area contributed by atoms with Crippen LogP contribution in [0.5, 0.6) is 0 Å². The van der Waals surface area contributed by atoms with E-state index in [4.69, 9.17) is 11.6 Å². The Morgan fingerprint density at radius 3 is 2.65 bits per heavy atom. The van der Waals surface area contributed by atoms with Crippen LogP contribution in [-0.4, -0.2) is 16.5 Å². The second-order valence-electron chi connectivity index (χ2n) is 4.69. The number of halogens is 2.